The van der Waals surface area contributed by atoms with Gasteiger partial charge < -0.3 is 25.4 Å². The molecule has 0 aliphatic carbocycles. The van der Waals surface area contributed by atoms with Crippen LogP contribution >= 0.6 is 11.6 Å². The Morgan fingerprint density at radius 2 is 1.86 bits per heavy atom. The molecule has 0 heterocycles. The molecule has 0 saturated heterocycles. The predicted octanol–water partition coefficient (Wildman–Crippen LogP) is 3.37. The van der Waals surface area contributed by atoms with Crippen LogP contribution in [-0.2, 0) is 11.3 Å². The Morgan fingerprint density at radius 3 is 2.54 bits per heavy atom. The normalized spacial score (nSPS) is 10.6. The monoisotopic (exact) mass is 405 g/mol. The summed E-state index contributed by atoms with van der Waals surface area (Å²) in [5, 5.41) is 9.81. The summed E-state index contributed by atoms with van der Waals surface area (Å²) in [4.78, 5) is 12.1. The van der Waals surface area contributed by atoms with E-state index in [2.05, 4.69) is 16.0 Å². The van der Waals surface area contributed by atoms with Crippen molar-refractivity contribution in [2.75, 3.05) is 39.2 Å². The highest BCUT2D eigenvalue weighted by molar-refractivity contribution is 6.31. The lowest BCUT2D eigenvalue weighted by molar-refractivity contribution is -0.118. The molecule has 0 aliphatic heterocycles. The van der Waals surface area contributed by atoms with Crippen molar-refractivity contribution in [3.63, 3.8) is 0 Å². The number of anilines is 1. The third kappa shape index (κ3) is 7.03. The van der Waals surface area contributed by atoms with Crippen LogP contribution in [0.25, 0.3) is 0 Å². The van der Waals surface area contributed by atoms with Gasteiger partial charge in [0, 0.05) is 23.3 Å². The number of amides is 1. The van der Waals surface area contributed by atoms with Crippen molar-refractivity contribution in [3.8, 4) is 11.5 Å². The summed E-state index contributed by atoms with van der Waals surface area (Å²) in [5.41, 5.74) is 2.77. The molecule has 0 atom stereocenters. The average molecular weight is 406 g/mol. The van der Waals surface area contributed by atoms with Gasteiger partial charge in [0.2, 0.25) is 0 Å². The first-order valence-corrected chi connectivity index (χ1v) is 9.62. The van der Waals surface area contributed by atoms with Crippen LogP contribution in [0.1, 0.15) is 17.5 Å². The van der Waals surface area contributed by atoms with E-state index >= 15 is 0 Å². The number of aryl methyl sites for hydroxylation is 1. The lowest BCUT2D eigenvalue weighted by Gasteiger charge is -2.14. The zero-order valence-electron chi connectivity index (χ0n) is 16.6. The quantitative estimate of drug-likeness (QED) is 0.500. The Labute approximate surface area is 171 Å². The maximum Gasteiger partial charge on any atom is 0.262 e. The SMILES string of the molecule is CNCCCNCc1cc(OC)c(OCC(=O)Nc2ccc(C)cc2)cc1Cl. The third-order valence-electron chi connectivity index (χ3n) is 4.12. The first-order chi connectivity index (χ1) is 13.5. The van der Waals surface area contributed by atoms with E-state index in [4.69, 9.17) is 21.1 Å². The summed E-state index contributed by atoms with van der Waals surface area (Å²) in [6, 6.07) is 11.1. The maximum atomic E-state index is 12.1. The number of methoxy groups -OCH3 is 1. The van der Waals surface area contributed by atoms with E-state index in [-0.39, 0.29) is 12.5 Å². The van der Waals surface area contributed by atoms with Crippen molar-refractivity contribution in [1.29, 1.82) is 0 Å². The average Bonchev–Trinajstić information content (AvgIpc) is 2.69. The van der Waals surface area contributed by atoms with Gasteiger partial charge in [0.25, 0.3) is 5.91 Å². The Kier molecular flexibility index (Phi) is 9.07. The molecule has 0 unspecified atom stereocenters. The van der Waals surface area contributed by atoms with Crippen molar-refractivity contribution >= 4 is 23.2 Å². The maximum absolute atomic E-state index is 12.1. The molecule has 0 bridgehead atoms. The number of benzene rings is 2. The van der Waals surface area contributed by atoms with Crippen molar-refractivity contribution in [3.05, 3.63) is 52.5 Å². The van der Waals surface area contributed by atoms with Gasteiger partial charge in [-0.25, -0.2) is 0 Å². The molecule has 0 aliphatic rings. The number of nitrogens with one attached hydrogen (secondary N) is 3. The zero-order valence-corrected chi connectivity index (χ0v) is 17.4. The van der Waals surface area contributed by atoms with Gasteiger partial charge in [0.15, 0.2) is 18.1 Å². The Balaban J connectivity index is 1.92. The smallest absolute Gasteiger partial charge is 0.262 e. The Morgan fingerprint density at radius 1 is 1.11 bits per heavy atom. The lowest BCUT2D eigenvalue weighted by Crippen LogP contribution is -2.21. The number of rotatable bonds is 11. The molecular weight excluding hydrogens is 378 g/mol. The van der Waals surface area contributed by atoms with Gasteiger partial charge in [-0.1, -0.05) is 29.3 Å². The topological polar surface area (TPSA) is 71.6 Å². The van der Waals surface area contributed by atoms with Crippen LogP contribution in [0.15, 0.2) is 36.4 Å². The van der Waals surface area contributed by atoms with Crippen LogP contribution in [0.5, 0.6) is 11.5 Å². The number of hydrogen-bond donors (Lipinski definition) is 3. The van der Waals surface area contributed by atoms with Crippen LogP contribution in [0.4, 0.5) is 5.69 Å². The fourth-order valence-corrected chi connectivity index (χ4v) is 2.80. The van der Waals surface area contributed by atoms with E-state index in [1.807, 2.05) is 44.3 Å². The molecular formula is C21H28ClN3O3. The Bertz CT molecular complexity index is 766. The molecule has 2 aromatic rings. The summed E-state index contributed by atoms with van der Waals surface area (Å²) in [5.74, 6) is 0.724. The summed E-state index contributed by atoms with van der Waals surface area (Å²) in [6.45, 7) is 4.33. The van der Waals surface area contributed by atoms with Crippen molar-refractivity contribution in [1.82, 2.24) is 10.6 Å². The number of carbonyl (C=O) groups is 1. The van der Waals surface area contributed by atoms with Gasteiger partial charge in [0.05, 0.1) is 7.11 Å². The van der Waals surface area contributed by atoms with Crippen LogP contribution < -0.4 is 25.4 Å². The van der Waals surface area contributed by atoms with E-state index < -0.39 is 0 Å². The van der Waals surface area contributed by atoms with Crippen molar-refractivity contribution in [2.24, 2.45) is 0 Å². The molecule has 152 valence electrons. The number of hydrogen-bond acceptors (Lipinski definition) is 5. The van der Waals surface area contributed by atoms with Gasteiger partial charge in [0.1, 0.15) is 0 Å². The second-order valence-corrected chi connectivity index (χ2v) is 6.84. The highest BCUT2D eigenvalue weighted by atomic mass is 35.5. The van der Waals surface area contributed by atoms with Gasteiger partial charge in [-0.2, -0.15) is 0 Å². The summed E-state index contributed by atoms with van der Waals surface area (Å²) in [6.07, 6.45) is 1.03. The first-order valence-electron chi connectivity index (χ1n) is 9.24. The highest BCUT2D eigenvalue weighted by Gasteiger charge is 2.12. The minimum absolute atomic E-state index is 0.137. The zero-order chi connectivity index (χ0) is 20.4. The lowest BCUT2D eigenvalue weighted by atomic mass is 10.2. The fourth-order valence-electron chi connectivity index (χ4n) is 2.58. The molecule has 1 amide bonds. The van der Waals surface area contributed by atoms with E-state index in [1.165, 1.54) is 0 Å². The van der Waals surface area contributed by atoms with Gasteiger partial charge in [-0.05, 0) is 57.2 Å². The molecule has 2 rings (SSSR count). The number of ether oxygens (including phenoxy) is 2. The summed E-state index contributed by atoms with van der Waals surface area (Å²) >= 11 is 6.37. The standard InChI is InChI=1S/C21H28ClN3O3/c1-15-5-7-17(8-6-15)25-21(26)14-28-20-12-18(22)16(11-19(20)27-3)13-24-10-4-9-23-2/h5-8,11-12,23-24H,4,9-10,13-14H2,1-3H3,(H,25,26). The molecule has 0 spiro atoms. The number of halogens is 1. The van der Waals surface area contributed by atoms with E-state index in [9.17, 15) is 4.79 Å². The van der Waals surface area contributed by atoms with Crippen molar-refractivity contribution in [2.45, 2.75) is 19.9 Å². The predicted molar refractivity (Wildman–Crippen MR) is 114 cm³/mol. The molecule has 7 heteroatoms. The summed E-state index contributed by atoms with van der Waals surface area (Å²) in [7, 11) is 3.49. The second kappa shape index (κ2) is 11.5. The van der Waals surface area contributed by atoms with Gasteiger partial charge >= 0.3 is 0 Å². The molecule has 0 saturated carbocycles. The third-order valence-corrected chi connectivity index (χ3v) is 4.47. The largest absolute Gasteiger partial charge is 0.493 e. The van der Waals surface area contributed by atoms with Crippen LogP contribution in [0.2, 0.25) is 5.02 Å². The van der Waals surface area contributed by atoms with E-state index in [0.29, 0.717) is 23.1 Å². The van der Waals surface area contributed by atoms with Crippen LogP contribution in [-0.4, -0.2) is 39.8 Å². The molecule has 6 nitrogen and oxygen atoms in total. The highest BCUT2D eigenvalue weighted by Crippen LogP contribution is 2.33. The fraction of sp³-hybridized carbons (Fsp3) is 0.381. The first kappa shape index (κ1) is 22.0. The minimum atomic E-state index is -0.252. The molecule has 0 radical (unpaired) electrons. The molecule has 0 aromatic heterocycles. The van der Waals surface area contributed by atoms with E-state index in [0.717, 1.165) is 36.3 Å². The summed E-state index contributed by atoms with van der Waals surface area (Å²) < 4.78 is 11.0. The van der Waals surface area contributed by atoms with Gasteiger partial charge in [-0.15, -0.1) is 0 Å². The molecule has 0 fully saturated rings. The van der Waals surface area contributed by atoms with Crippen LogP contribution in [0.3, 0.4) is 0 Å². The van der Waals surface area contributed by atoms with Crippen LogP contribution in [0, 0.1) is 6.92 Å². The van der Waals surface area contributed by atoms with Crippen molar-refractivity contribution < 1.29 is 14.3 Å². The molecule has 28 heavy (non-hydrogen) atoms. The minimum Gasteiger partial charge on any atom is -0.493 e. The second-order valence-electron chi connectivity index (χ2n) is 6.43. The molecule has 2 aromatic carbocycles. The van der Waals surface area contributed by atoms with E-state index in [1.54, 1.807) is 13.2 Å². The Hall–Kier alpha value is -2.28. The molecule has 3 N–H and O–H groups in total. The van der Waals surface area contributed by atoms with Gasteiger partial charge in [-0.3, -0.25) is 4.79 Å². The number of carbonyl (C=O) groups excluding carboxylic acids is 1.